The average molecular weight is 195 g/mol. The van der Waals surface area contributed by atoms with Crippen molar-refractivity contribution >= 4 is 11.5 Å². The third-order valence-electron chi connectivity index (χ3n) is 1.67. The Labute approximate surface area is 84.5 Å². The Morgan fingerprint density at radius 3 is 2.86 bits per heavy atom. The highest BCUT2D eigenvalue weighted by molar-refractivity contribution is 5.45. The molecule has 0 aliphatic carbocycles. The molecule has 1 aromatic heterocycles. The lowest BCUT2D eigenvalue weighted by molar-refractivity contribution is 0.0870. The van der Waals surface area contributed by atoms with Crippen molar-refractivity contribution < 1.29 is 4.74 Å². The van der Waals surface area contributed by atoms with Crippen LogP contribution in [-0.2, 0) is 4.74 Å². The maximum Gasteiger partial charge on any atom is 0.123 e. The van der Waals surface area contributed by atoms with E-state index in [-0.39, 0.29) is 6.10 Å². The van der Waals surface area contributed by atoms with Crippen LogP contribution >= 0.6 is 0 Å². The normalized spacial score (nSPS) is 10.5. The molecule has 78 valence electrons. The smallest absolute Gasteiger partial charge is 0.123 e. The fraction of sp³-hybridized carbons (Fsp3) is 0.500. The van der Waals surface area contributed by atoms with Crippen molar-refractivity contribution in [1.82, 2.24) is 4.98 Å². The summed E-state index contributed by atoms with van der Waals surface area (Å²) in [7, 11) is 0. The van der Waals surface area contributed by atoms with Crippen LogP contribution in [-0.4, -0.2) is 24.2 Å². The first-order valence-electron chi connectivity index (χ1n) is 4.75. The Hall–Kier alpha value is -1.29. The summed E-state index contributed by atoms with van der Waals surface area (Å²) >= 11 is 0. The molecule has 1 aromatic rings. The molecule has 0 saturated heterocycles. The van der Waals surface area contributed by atoms with Crippen LogP contribution in [0.5, 0.6) is 0 Å². The summed E-state index contributed by atoms with van der Waals surface area (Å²) in [6.07, 6.45) is 1.99. The molecule has 1 heterocycles. The van der Waals surface area contributed by atoms with Crippen molar-refractivity contribution in [3.05, 3.63) is 18.3 Å². The first-order valence-corrected chi connectivity index (χ1v) is 4.75. The predicted octanol–water partition coefficient (Wildman–Crippen LogP) is 1.50. The molecule has 0 amide bonds. The molecule has 0 radical (unpaired) electrons. The second-order valence-electron chi connectivity index (χ2n) is 3.32. The summed E-state index contributed by atoms with van der Waals surface area (Å²) in [6, 6.07) is 3.67. The largest absolute Gasteiger partial charge is 0.384 e. The van der Waals surface area contributed by atoms with Gasteiger partial charge in [0.05, 0.1) is 24.6 Å². The number of ether oxygens (including phenoxy) is 1. The molecule has 0 aromatic carbocycles. The molecule has 14 heavy (non-hydrogen) atoms. The van der Waals surface area contributed by atoms with Gasteiger partial charge in [0.2, 0.25) is 0 Å². The SMILES string of the molecule is CC(C)OCCNc1ccc(N)nc1. The van der Waals surface area contributed by atoms with E-state index in [1.807, 2.05) is 19.9 Å². The van der Waals surface area contributed by atoms with Crippen LogP contribution in [0.1, 0.15) is 13.8 Å². The molecule has 0 aliphatic heterocycles. The summed E-state index contributed by atoms with van der Waals surface area (Å²) in [5.74, 6) is 0.536. The van der Waals surface area contributed by atoms with E-state index in [2.05, 4.69) is 10.3 Å². The third-order valence-corrected chi connectivity index (χ3v) is 1.67. The van der Waals surface area contributed by atoms with E-state index in [9.17, 15) is 0 Å². The number of nitrogen functional groups attached to an aromatic ring is 1. The van der Waals surface area contributed by atoms with Crippen molar-refractivity contribution in [2.75, 3.05) is 24.2 Å². The van der Waals surface area contributed by atoms with Crippen molar-refractivity contribution in [3.63, 3.8) is 0 Å². The van der Waals surface area contributed by atoms with E-state index in [1.54, 1.807) is 12.3 Å². The van der Waals surface area contributed by atoms with Crippen LogP contribution in [0.4, 0.5) is 11.5 Å². The number of rotatable bonds is 5. The number of aromatic nitrogens is 1. The number of hydrogen-bond acceptors (Lipinski definition) is 4. The van der Waals surface area contributed by atoms with E-state index >= 15 is 0 Å². The van der Waals surface area contributed by atoms with Gasteiger partial charge in [0, 0.05) is 6.54 Å². The van der Waals surface area contributed by atoms with Gasteiger partial charge in [0.15, 0.2) is 0 Å². The van der Waals surface area contributed by atoms with Crippen LogP contribution < -0.4 is 11.1 Å². The molecule has 0 fully saturated rings. The van der Waals surface area contributed by atoms with Gasteiger partial charge in [-0.25, -0.2) is 4.98 Å². The minimum Gasteiger partial charge on any atom is -0.384 e. The molecular weight excluding hydrogens is 178 g/mol. The van der Waals surface area contributed by atoms with Gasteiger partial charge in [0.1, 0.15) is 5.82 Å². The van der Waals surface area contributed by atoms with Gasteiger partial charge < -0.3 is 15.8 Å². The van der Waals surface area contributed by atoms with Crippen LogP contribution in [0.15, 0.2) is 18.3 Å². The van der Waals surface area contributed by atoms with E-state index < -0.39 is 0 Å². The molecule has 4 heteroatoms. The number of nitrogens with one attached hydrogen (secondary N) is 1. The molecule has 0 bridgehead atoms. The van der Waals surface area contributed by atoms with Crippen LogP contribution in [0, 0.1) is 0 Å². The first kappa shape index (κ1) is 10.8. The molecule has 4 nitrogen and oxygen atoms in total. The van der Waals surface area contributed by atoms with Gasteiger partial charge in [-0.1, -0.05) is 0 Å². The summed E-state index contributed by atoms with van der Waals surface area (Å²) < 4.78 is 5.38. The molecule has 1 rings (SSSR count). The Kier molecular flexibility index (Phi) is 4.19. The highest BCUT2D eigenvalue weighted by atomic mass is 16.5. The Morgan fingerprint density at radius 1 is 1.50 bits per heavy atom. The van der Waals surface area contributed by atoms with Crippen LogP contribution in [0.2, 0.25) is 0 Å². The second kappa shape index (κ2) is 5.44. The van der Waals surface area contributed by atoms with Gasteiger partial charge in [-0.05, 0) is 26.0 Å². The van der Waals surface area contributed by atoms with Crippen molar-refractivity contribution in [1.29, 1.82) is 0 Å². The lowest BCUT2D eigenvalue weighted by atomic mass is 10.4. The van der Waals surface area contributed by atoms with E-state index in [1.165, 1.54) is 0 Å². The number of pyridine rings is 1. The second-order valence-corrected chi connectivity index (χ2v) is 3.32. The highest BCUT2D eigenvalue weighted by Gasteiger charge is 1.94. The Morgan fingerprint density at radius 2 is 2.29 bits per heavy atom. The van der Waals surface area contributed by atoms with Crippen LogP contribution in [0.25, 0.3) is 0 Å². The Balaban J connectivity index is 2.21. The molecule has 0 aliphatic rings. The minimum absolute atomic E-state index is 0.279. The zero-order valence-corrected chi connectivity index (χ0v) is 8.66. The Bertz CT molecular complexity index is 259. The average Bonchev–Trinajstić information content (AvgIpc) is 2.15. The predicted molar refractivity (Wildman–Crippen MR) is 58.2 cm³/mol. The van der Waals surface area contributed by atoms with Crippen LogP contribution in [0.3, 0.4) is 0 Å². The minimum atomic E-state index is 0.279. The standard InChI is InChI=1S/C10H17N3O/c1-8(2)14-6-5-12-9-3-4-10(11)13-7-9/h3-4,7-8,12H,5-6H2,1-2H3,(H2,11,13). The fourth-order valence-electron chi connectivity index (χ4n) is 1.000. The topological polar surface area (TPSA) is 60.2 Å². The molecule has 0 saturated carbocycles. The van der Waals surface area contributed by atoms with Gasteiger partial charge in [-0.3, -0.25) is 0 Å². The van der Waals surface area contributed by atoms with Crippen molar-refractivity contribution in [3.8, 4) is 0 Å². The lowest BCUT2D eigenvalue weighted by Crippen LogP contribution is -2.13. The fourth-order valence-corrected chi connectivity index (χ4v) is 1.000. The number of anilines is 2. The number of hydrogen-bond donors (Lipinski definition) is 2. The molecular formula is C10H17N3O. The van der Waals surface area contributed by atoms with Gasteiger partial charge >= 0.3 is 0 Å². The number of nitrogens with zero attached hydrogens (tertiary/aromatic N) is 1. The van der Waals surface area contributed by atoms with E-state index in [0.717, 1.165) is 12.2 Å². The molecule has 3 N–H and O–H groups in total. The van der Waals surface area contributed by atoms with Crippen molar-refractivity contribution in [2.45, 2.75) is 20.0 Å². The van der Waals surface area contributed by atoms with Crippen molar-refractivity contribution in [2.24, 2.45) is 0 Å². The summed E-state index contributed by atoms with van der Waals surface area (Å²) in [6.45, 7) is 5.52. The lowest BCUT2D eigenvalue weighted by Gasteiger charge is -2.09. The van der Waals surface area contributed by atoms with E-state index in [4.69, 9.17) is 10.5 Å². The summed E-state index contributed by atoms with van der Waals surface area (Å²) in [5, 5.41) is 3.18. The first-order chi connectivity index (χ1) is 6.68. The van der Waals surface area contributed by atoms with Gasteiger partial charge in [0.25, 0.3) is 0 Å². The molecule has 0 atom stereocenters. The zero-order valence-electron chi connectivity index (χ0n) is 8.66. The molecule has 0 spiro atoms. The third kappa shape index (κ3) is 4.09. The monoisotopic (exact) mass is 195 g/mol. The maximum absolute atomic E-state index is 5.46. The van der Waals surface area contributed by atoms with Gasteiger partial charge in [-0.2, -0.15) is 0 Å². The summed E-state index contributed by atoms with van der Waals surface area (Å²) in [5.41, 5.74) is 6.42. The number of nitrogens with two attached hydrogens (primary N) is 1. The maximum atomic E-state index is 5.46. The zero-order chi connectivity index (χ0) is 10.4. The highest BCUT2D eigenvalue weighted by Crippen LogP contribution is 2.05. The quantitative estimate of drug-likeness (QED) is 0.699. The van der Waals surface area contributed by atoms with Gasteiger partial charge in [-0.15, -0.1) is 0 Å². The summed E-state index contributed by atoms with van der Waals surface area (Å²) in [4.78, 5) is 3.97. The van der Waals surface area contributed by atoms with E-state index in [0.29, 0.717) is 12.4 Å². The molecule has 0 unspecified atom stereocenters.